The summed E-state index contributed by atoms with van der Waals surface area (Å²) in [6, 6.07) is 0. The molecular formula is C4H4INO3. The first-order valence-corrected chi connectivity index (χ1v) is 3.48. The Labute approximate surface area is 65.7 Å². The van der Waals surface area contributed by atoms with E-state index in [0.29, 0.717) is 4.43 Å². The molecule has 9 heavy (non-hydrogen) atoms. The summed E-state index contributed by atoms with van der Waals surface area (Å²) in [6.45, 7) is 0. The molecule has 0 aromatic heterocycles. The van der Waals surface area contributed by atoms with E-state index in [0.717, 1.165) is 0 Å². The third-order valence-electron chi connectivity index (χ3n) is 0.374. The second-order valence-electron chi connectivity index (χ2n) is 0.914. The molecule has 0 radical (unpaired) electrons. The summed E-state index contributed by atoms with van der Waals surface area (Å²) >= 11 is 2.00. The van der Waals surface area contributed by atoms with Gasteiger partial charge in [-0.3, -0.25) is 5.21 Å². The van der Waals surface area contributed by atoms with E-state index in [2.05, 4.69) is 16.8 Å². The van der Waals surface area contributed by atoms with Crippen molar-refractivity contribution in [1.29, 1.82) is 0 Å². The van der Waals surface area contributed by atoms with Gasteiger partial charge in [0.2, 0.25) is 0 Å². The van der Waals surface area contributed by atoms with Crippen LogP contribution in [0.25, 0.3) is 0 Å². The minimum atomic E-state index is -0.965. The summed E-state index contributed by atoms with van der Waals surface area (Å²) in [6.07, 6.45) is 1.09. The van der Waals surface area contributed by atoms with E-state index in [-0.39, 0.29) is 0 Å². The van der Waals surface area contributed by atoms with Gasteiger partial charge in [0.05, 0.1) is 4.43 Å². The largest absolute Gasteiger partial charge is 0.445 e. The number of hydroxylamine groups is 1. The fourth-order valence-corrected chi connectivity index (χ4v) is 0.288. The van der Waals surface area contributed by atoms with Gasteiger partial charge in [-0.25, -0.2) is 10.3 Å². The fraction of sp³-hybridized carbons (Fsp3) is 0.250. The first-order valence-electron chi connectivity index (χ1n) is 1.96. The fourth-order valence-electron chi connectivity index (χ4n) is 0.133. The molecule has 0 rings (SSSR count). The predicted molar refractivity (Wildman–Crippen MR) is 38.1 cm³/mol. The number of hydrogen-bond donors (Lipinski definition) is 2. The zero-order chi connectivity index (χ0) is 7.11. The van der Waals surface area contributed by atoms with Crippen LogP contribution in [0.2, 0.25) is 0 Å². The maximum atomic E-state index is 10.00. The average Bonchev–Trinajstić information content (AvgIpc) is 1.89. The molecule has 0 bridgehead atoms. The van der Waals surface area contributed by atoms with Gasteiger partial charge in [0.15, 0.2) is 0 Å². The van der Waals surface area contributed by atoms with Crippen molar-refractivity contribution in [2.24, 2.45) is 0 Å². The van der Waals surface area contributed by atoms with Gasteiger partial charge in [0.1, 0.15) is 6.11 Å². The summed E-state index contributed by atoms with van der Waals surface area (Å²) in [5.41, 5.74) is 1.26. The second-order valence-corrected chi connectivity index (χ2v) is 1.68. The third kappa shape index (κ3) is 5.39. The van der Waals surface area contributed by atoms with Crippen molar-refractivity contribution in [3.63, 3.8) is 0 Å². The molecule has 0 saturated carbocycles. The SMILES string of the molecule is O=C(NO)OC#CCI. The van der Waals surface area contributed by atoms with E-state index in [9.17, 15) is 4.79 Å². The zero-order valence-corrected chi connectivity index (χ0v) is 6.51. The molecule has 0 aliphatic heterocycles. The van der Waals surface area contributed by atoms with Gasteiger partial charge < -0.3 is 4.74 Å². The van der Waals surface area contributed by atoms with E-state index in [1.807, 2.05) is 22.6 Å². The Balaban J connectivity index is 3.37. The zero-order valence-electron chi connectivity index (χ0n) is 4.35. The maximum Gasteiger partial charge on any atom is 0.445 e. The first kappa shape index (κ1) is 8.52. The predicted octanol–water partition coefficient (Wildman–Crippen LogP) is 0.498. The Morgan fingerprint density at radius 1 is 1.89 bits per heavy atom. The number of alkyl halides is 1. The van der Waals surface area contributed by atoms with Gasteiger partial charge in [0.25, 0.3) is 0 Å². The van der Waals surface area contributed by atoms with Gasteiger partial charge >= 0.3 is 6.09 Å². The summed E-state index contributed by atoms with van der Waals surface area (Å²) in [5.74, 6) is 2.46. The van der Waals surface area contributed by atoms with E-state index in [1.54, 1.807) is 0 Å². The lowest BCUT2D eigenvalue weighted by Crippen LogP contribution is -2.17. The van der Waals surface area contributed by atoms with Crippen molar-refractivity contribution in [3.05, 3.63) is 0 Å². The van der Waals surface area contributed by atoms with Crippen LogP contribution in [0.4, 0.5) is 4.79 Å². The Morgan fingerprint density at radius 2 is 2.56 bits per heavy atom. The number of hydrogen-bond acceptors (Lipinski definition) is 3. The van der Waals surface area contributed by atoms with Crippen LogP contribution in [0, 0.1) is 12.0 Å². The third-order valence-corrected chi connectivity index (χ3v) is 0.755. The highest BCUT2D eigenvalue weighted by Gasteiger charge is 1.91. The number of nitrogens with one attached hydrogen (secondary N) is 1. The molecule has 2 N–H and O–H groups in total. The molecule has 0 aliphatic rings. The molecule has 0 aromatic rings. The van der Waals surface area contributed by atoms with Crippen LogP contribution >= 0.6 is 22.6 Å². The Morgan fingerprint density at radius 3 is 3.00 bits per heavy atom. The molecule has 0 unspecified atom stereocenters. The highest BCUT2D eigenvalue weighted by Crippen LogP contribution is 1.76. The van der Waals surface area contributed by atoms with Crippen LogP contribution in [-0.2, 0) is 4.74 Å². The van der Waals surface area contributed by atoms with Gasteiger partial charge in [-0.1, -0.05) is 22.6 Å². The molecule has 4 nitrogen and oxygen atoms in total. The molecule has 1 amide bonds. The van der Waals surface area contributed by atoms with Crippen LogP contribution in [0.5, 0.6) is 0 Å². The average molecular weight is 241 g/mol. The normalized spacial score (nSPS) is 6.89. The standard InChI is InChI=1S/C4H4INO3/c5-2-1-3-9-4(7)6-8/h8H,2H2,(H,6,7). The number of amides is 1. The molecule has 0 atom stereocenters. The molecule has 0 aromatic carbocycles. The Kier molecular flexibility index (Phi) is 5.35. The van der Waals surface area contributed by atoms with Crippen molar-refractivity contribution in [2.75, 3.05) is 4.43 Å². The van der Waals surface area contributed by atoms with Gasteiger partial charge in [-0.05, 0) is 5.92 Å². The molecule has 50 valence electrons. The van der Waals surface area contributed by atoms with Crippen molar-refractivity contribution in [3.8, 4) is 12.0 Å². The maximum absolute atomic E-state index is 10.00. The lowest BCUT2D eigenvalue weighted by Gasteiger charge is -1.88. The van der Waals surface area contributed by atoms with Crippen molar-refractivity contribution >= 4 is 28.7 Å². The van der Waals surface area contributed by atoms with Crippen LogP contribution < -0.4 is 5.48 Å². The van der Waals surface area contributed by atoms with Gasteiger partial charge in [0, 0.05) is 0 Å². The van der Waals surface area contributed by atoms with E-state index < -0.39 is 6.09 Å². The Hall–Kier alpha value is -0.480. The van der Waals surface area contributed by atoms with Crippen LogP contribution in [0.3, 0.4) is 0 Å². The lowest BCUT2D eigenvalue weighted by molar-refractivity contribution is 0.120. The number of halogens is 1. The number of rotatable bonds is 0. The molecule has 5 heteroatoms. The van der Waals surface area contributed by atoms with Gasteiger partial charge in [-0.2, -0.15) is 0 Å². The summed E-state index contributed by atoms with van der Waals surface area (Å²) < 4.78 is 4.65. The number of carbonyl (C=O) groups is 1. The second kappa shape index (κ2) is 5.65. The van der Waals surface area contributed by atoms with Crippen molar-refractivity contribution in [1.82, 2.24) is 5.48 Å². The summed E-state index contributed by atoms with van der Waals surface area (Å²) in [5, 5.41) is 7.84. The molecule has 0 aliphatic carbocycles. The summed E-state index contributed by atoms with van der Waals surface area (Å²) in [4.78, 5) is 10.00. The first-order chi connectivity index (χ1) is 4.31. The van der Waals surface area contributed by atoms with Crippen LogP contribution in [-0.4, -0.2) is 15.7 Å². The van der Waals surface area contributed by atoms with Gasteiger partial charge in [-0.15, -0.1) is 0 Å². The highest BCUT2D eigenvalue weighted by atomic mass is 127. The molecule has 0 heterocycles. The minimum absolute atomic E-state index is 0.580. The quantitative estimate of drug-likeness (QED) is 0.213. The highest BCUT2D eigenvalue weighted by molar-refractivity contribution is 14.1. The van der Waals surface area contributed by atoms with Crippen LogP contribution in [0.15, 0.2) is 0 Å². The van der Waals surface area contributed by atoms with Crippen molar-refractivity contribution < 1.29 is 14.7 Å². The molecule has 0 fully saturated rings. The number of ether oxygens (including phenoxy) is 1. The van der Waals surface area contributed by atoms with Crippen LogP contribution in [0.1, 0.15) is 0 Å². The number of carbonyl (C=O) groups excluding carboxylic acids is 1. The Bertz CT molecular complexity index is 148. The smallest absolute Gasteiger partial charge is 0.354 e. The topological polar surface area (TPSA) is 58.6 Å². The monoisotopic (exact) mass is 241 g/mol. The molecule has 0 spiro atoms. The molecular weight excluding hydrogens is 237 g/mol. The van der Waals surface area contributed by atoms with E-state index >= 15 is 0 Å². The minimum Gasteiger partial charge on any atom is -0.354 e. The molecule has 0 saturated heterocycles. The summed E-state index contributed by atoms with van der Waals surface area (Å²) in [7, 11) is 0. The van der Waals surface area contributed by atoms with E-state index in [4.69, 9.17) is 5.21 Å². The lowest BCUT2D eigenvalue weighted by atomic mass is 10.8. The van der Waals surface area contributed by atoms with E-state index in [1.165, 1.54) is 5.48 Å². The van der Waals surface area contributed by atoms with Crippen molar-refractivity contribution in [2.45, 2.75) is 0 Å².